The second-order valence-electron chi connectivity index (χ2n) is 4.48. The lowest BCUT2D eigenvalue weighted by molar-refractivity contribution is 0.112. The van der Waals surface area contributed by atoms with Crippen molar-refractivity contribution in [1.82, 2.24) is 0 Å². The largest absolute Gasteiger partial charge is 0.507 e. The Morgan fingerprint density at radius 1 is 1.50 bits per heavy atom. The van der Waals surface area contributed by atoms with E-state index in [0.717, 1.165) is 29.5 Å². The average Bonchev–Trinajstić information content (AvgIpc) is 2.81. The number of fused-ring (bicyclic) bond motifs is 3. The first-order valence-corrected chi connectivity index (χ1v) is 6.33. The van der Waals surface area contributed by atoms with Gasteiger partial charge in [0.15, 0.2) is 6.29 Å². The monoisotopic (exact) mass is 261 g/mol. The quantitative estimate of drug-likeness (QED) is 0.645. The molecule has 0 spiro atoms. The highest BCUT2D eigenvalue weighted by Gasteiger charge is 2.26. The summed E-state index contributed by atoms with van der Waals surface area (Å²) in [6, 6.07) is 7.06. The third-order valence-corrected chi connectivity index (χ3v) is 3.85. The highest BCUT2D eigenvalue weighted by molar-refractivity contribution is 6.19. The maximum Gasteiger partial charge on any atom is 0.150 e. The summed E-state index contributed by atoms with van der Waals surface area (Å²) in [4.78, 5) is 11.2. The van der Waals surface area contributed by atoms with Gasteiger partial charge in [-0.15, -0.1) is 11.6 Å². The lowest BCUT2D eigenvalue weighted by Gasteiger charge is -2.12. The average molecular weight is 262 g/mol. The van der Waals surface area contributed by atoms with Gasteiger partial charge in [0.1, 0.15) is 5.75 Å². The first-order valence-electron chi connectivity index (χ1n) is 5.80. The van der Waals surface area contributed by atoms with Crippen LogP contribution in [0, 0.1) is 0 Å². The van der Waals surface area contributed by atoms with Crippen molar-refractivity contribution in [2.24, 2.45) is 0 Å². The van der Waals surface area contributed by atoms with E-state index in [1.165, 1.54) is 0 Å². The van der Waals surface area contributed by atoms with Gasteiger partial charge in [0.2, 0.25) is 0 Å². The molecule has 18 heavy (non-hydrogen) atoms. The summed E-state index contributed by atoms with van der Waals surface area (Å²) >= 11 is 5.98. The van der Waals surface area contributed by atoms with E-state index in [1.807, 2.05) is 6.07 Å². The molecule has 3 rings (SSSR count). The summed E-state index contributed by atoms with van der Waals surface area (Å²) in [7, 11) is 0. The molecule has 1 unspecified atom stereocenters. The van der Waals surface area contributed by atoms with Crippen LogP contribution in [0.5, 0.6) is 5.75 Å². The number of benzene rings is 2. The number of phenols is 1. The topological polar surface area (TPSA) is 49.3 Å². The molecule has 0 radical (unpaired) electrons. The first kappa shape index (κ1) is 11.4. The Hall–Kier alpha value is -1.74. The number of carbonyl (C=O) groups excluding carboxylic acids is 1. The standard InChI is InChI=1S/C14H12ClNO2/c15-5-9-6-16-11-4-12(18)10-3-1-2-8(7-17)13(10)14(9)11/h1-4,7,9,16,18H,5-6H2. The molecule has 92 valence electrons. The summed E-state index contributed by atoms with van der Waals surface area (Å²) in [5.74, 6) is 0.855. The molecule has 0 saturated heterocycles. The minimum absolute atomic E-state index is 0.172. The minimum Gasteiger partial charge on any atom is -0.507 e. The van der Waals surface area contributed by atoms with Crippen LogP contribution < -0.4 is 5.32 Å². The van der Waals surface area contributed by atoms with Crippen LogP contribution in [0.1, 0.15) is 21.8 Å². The maximum absolute atomic E-state index is 11.2. The van der Waals surface area contributed by atoms with E-state index < -0.39 is 0 Å². The number of alkyl halides is 1. The van der Waals surface area contributed by atoms with Crippen LogP contribution in [0.25, 0.3) is 10.8 Å². The molecule has 0 aromatic heterocycles. The molecule has 1 atom stereocenters. The van der Waals surface area contributed by atoms with Crippen LogP contribution in [0.2, 0.25) is 0 Å². The zero-order chi connectivity index (χ0) is 12.7. The molecular weight excluding hydrogens is 250 g/mol. The van der Waals surface area contributed by atoms with Crippen LogP contribution in [0.4, 0.5) is 5.69 Å². The van der Waals surface area contributed by atoms with E-state index in [9.17, 15) is 9.90 Å². The Labute approximate surface area is 109 Å². The number of aromatic hydroxyl groups is 1. The van der Waals surface area contributed by atoms with Crippen molar-refractivity contribution in [3.63, 3.8) is 0 Å². The molecule has 0 fully saturated rings. The molecule has 3 nitrogen and oxygen atoms in total. The normalized spacial score (nSPS) is 17.5. The fraction of sp³-hybridized carbons (Fsp3) is 0.214. The predicted molar refractivity (Wildman–Crippen MR) is 73.0 cm³/mol. The lowest BCUT2D eigenvalue weighted by atomic mass is 9.92. The minimum atomic E-state index is 0.172. The second-order valence-corrected chi connectivity index (χ2v) is 4.79. The van der Waals surface area contributed by atoms with E-state index in [2.05, 4.69) is 5.32 Å². The lowest BCUT2D eigenvalue weighted by Crippen LogP contribution is -2.03. The zero-order valence-corrected chi connectivity index (χ0v) is 10.4. The Kier molecular flexibility index (Phi) is 2.63. The van der Waals surface area contributed by atoms with Gasteiger partial charge in [-0.1, -0.05) is 18.2 Å². The number of hydrogen-bond acceptors (Lipinski definition) is 3. The van der Waals surface area contributed by atoms with Crippen molar-refractivity contribution < 1.29 is 9.90 Å². The molecule has 2 aromatic rings. The fourth-order valence-electron chi connectivity index (χ4n) is 2.65. The molecule has 2 N–H and O–H groups in total. The van der Waals surface area contributed by atoms with E-state index >= 15 is 0 Å². The molecule has 1 aliphatic rings. The van der Waals surface area contributed by atoms with Gasteiger partial charge in [-0.2, -0.15) is 0 Å². The number of phenolic OH excluding ortho intramolecular Hbond substituents is 1. The molecule has 0 amide bonds. The summed E-state index contributed by atoms with van der Waals surface area (Å²) in [6.07, 6.45) is 0.825. The SMILES string of the molecule is O=Cc1cccc2c(O)cc3c(c12)C(CCl)CN3. The molecule has 1 aliphatic heterocycles. The molecule has 0 aliphatic carbocycles. The Morgan fingerprint density at radius 3 is 3.06 bits per heavy atom. The Balaban J connectivity index is 2.45. The summed E-state index contributed by atoms with van der Waals surface area (Å²) in [5.41, 5.74) is 2.51. The van der Waals surface area contributed by atoms with Crippen molar-refractivity contribution >= 4 is 34.3 Å². The molecular formula is C14H12ClNO2. The third kappa shape index (κ3) is 1.47. The molecule has 2 aromatic carbocycles. The van der Waals surface area contributed by atoms with Gasteiger partial charge in [-0.3, -0.25) is 4.79 Å². The van der Waals surface area contributed by atoms with Gasteiger partial charge in [0, 0.05) is 46.4 Å². The molecule has 1 heterocycles. The third-order valence-electron chi connectivity index (χ3n) is 3.47. The number of hydrogen-bond donors (Lipinski definition) is 2. The van der Waals surface area contributed by atoms with Crippen molar-refractivity contribution in [2.75, 3.05) is 17.7 Å². The van der Waals surface area contributed by atoms with Gasteiger partial charge in [0.25, 0.3) is 0 Å². The first-order chi connectivity index (χ1) is 8.76. The summed E-state index contributed by atoms with van der Waals surface area (Å²) in [6.45, 7) is 0.741. The zero-order valence-electron chi connectivity index (χ0n) is 9.61. The summed E-state index contributed by atoms with van der Waals surface area (Å²) in [5, 5.41) is 14.8. The van der Waals surface area contributed by atoms with Crippen LogP contribution in [0.15, 0.2) is 24.3 Å². The Morgan fingerprint density at radius 2 is 2.33 bits per heavy atom. The van der Waals surface area contributed by atoms with Gasteiger partial charge < -0.3 is 10.4 Å². The molecule has 4 heteroatoms. The van der Waals surface area contributed by atoms with Crippen LogP contribution in [0.3, 0.4) is 0 Å². The van der Waals surface area contributed by atoms with Gasteiger partial charge in [-0.05, 0) is 5.56 Å². The maximum atomic E-state index is 11.2. The van der Waals surface area contributed by atoms with E-state index in [1.54, 1.807) is 18.2 Å². The number of carbonyl (C=O) groups is 1. The van der Waals surface area contributed by atoms with Gasteiger partial charge >= 0.3 is 0 Å². The van der Waals surface area contributed by atoms with Crippen molar-refractivity contribution in [1.29, 1.82) is 0 Å². The highest BCUT2D eigenvalue weighted by Crippen LogP contribution is 2.43. The number of aldehydes is 1. The van der Waals surface area contributed by atoms with Crippen molar-refractivity contribution in [3.05, 3.63) is 35.4 Å². The van der Waals surface area contributed by atoms with Crippen LogP contribution in [-0.2, 0) is 0 Å². The highest BCUT2D eigenvalue weighted by atomic mass is 35.5. The number of rotatable bonds is 2. The molecule has 0 bridgehead atoms. The van der Waals surface area contributed by atoms with Crippen molar-refractivity contribution in [3.8, 4) is 5.75 Å². The van der Waals surface area contributed by atoms with E-state index in [-0.39, 0.29) is 11.7 Å². The van der Waals surface area contributed by atoms with E-state index in [0.29, 0.717) is 16.8 Å². The smallest absolute Gasteiger partial charge is 0.150 e. The number of nitrogens with one attached hydrogen (secondary N) is 1. The molecule has 0 saturated carbocycles. The summed E-state index contributed by atoms with van der Waals surface area (Å²) < 4.78 is 0. The van der Waals surface area contributed by atoms with Crippen molar-refractivity contribution in [2.45, 2.75) is 5.92 Å². The van der Waals surface area contributed by atoms with Gasteiger partial charge in [0.05, 0.1) is 0 Å². The van der Waals surface area contributed by atoms with Crippen LogP contribution in [-0.4, -0.2) is 23.8 Å². The Bertz CT molecular complexity index is 639. The predicted octanol–water partition coefficient (Wildman–Crippen LogP) is 3.11. The second kappa shape index (κ2) is 4.18. The van der Waals surface area contributed by atoms with E-state index in [4.69, 9.17) is 11.6 Å². The number of halogens is 1. The van der Waals surface area contributed by atoms with Gasteiger partial charge in [-0.25, -0.2) is 0 Å². The van der Waals surface area contributed by atoms with Crippen LogP contribution >= 0.6 is 11.6 Å². The number of anilines is 1. The fourth-order valence-corrected chi connectivity index (χ4v) is 2.91.